The number of imidazole rings is 1. The minimum atomic E-state index is -1.34. The Bertz CT molecular complexity index is 827. The zero-order chi connectivity index (χ0) is 24.7. The monoisotopic (exact) mass is 466 g/mol. The first kappa shape index (κ1) is 26.3. The van der Waals surface area contributed by atoms with Crippen molar-refractivity contribution in [2.45, 2.75) is 76.7 Å². The Hall–Kier alpha value is -2.99. The van der Waals surface area contributed by atoms with Crippen LogP contribution in [0.5, 0.6) is 0 Å². The maximum Gasteiger partial charge on any atom is 0.326 e. The molecule has 1 aliphatic rings. The van der Waals surface area contributed by atoms with E-state index in [-0.39, 0.29) is 25.3 Å². The van der Waals surface area contributed by atoms with Gasteiger partial charge in [-0.15, -0.1) is 0 Å². The summed E-state index contributed by atoms with van der Waals surface area (Å²) >= 11 is 0. The number of aliphatic hydroxyl groups is 1. The number of nitrogens with two attached hydrogens (primary N) is 1. The second-order valence-corrected chi connectivity index (χ2v) is 8.83. The number of aliphatic carboxylic acids is 1. The lowest BCUT2D eigenvalue weighted by molar-refractivity contribution is -0.150. The number of carbonyl (C=O) groups excluding carboxylic acids is 3. The van der Waals surface area contributed by atoms with Crippen molar-refractivity contribution in [1.82, 2.24) is 25.5 Å². The molecule has 2 heterocycles. The number of aliphatic hydroxyl groups excluding tert-OH is 1. The van der Waals surface area contributed by atoms with Crippen LogP contribution in [0.2, 0.25) is 0 Å². The maximum atomic E-state index is 13.0. The van der Waals surface area contributed by atoms with Crippen LogP contribution in [0.15, 0.2) is 12.5 Å². The number of aromatic amines is 1. The summed E-state index contributed by atoms with van der Waals surface area (Å²) in [5.41, 5.74) is 6.63. The van der Waals surface area contributed by atoms with Crippen molar-refractivity contribution >= 4 is 23.7 Å². The van der Waals surface area contributed by atoms with Gasteiger partial charge >= 0.3 is 5.97 Å². The van der Waals surface area contributed by atoms with Crippen LogP contribution in [0.3, 0.4) is 0 Å². The smallest absolute Gasteiger partial charge is 0.326 e. The molecule has 5 unspecified atom stereocenters. The Kier molecular flexibility index (Phi) is 9.35. The molecule has 0 saturated carbocycles. The number of carboxylic acids is 1. The fraction of sp³-hybridized carbons (Fsp3) is 0.667. The Morgan fingerprint density at radius 2 is 1.94 bits per heavy atom. The molecule has 5 atom stereocenters. The van der Waals surface area contributed by atoms with E-state index in [0.717, 1.165) is 4.90 Å². The minimum Gasteiger partial charge on any atom is -0.480 e. The van der Waals surface area contributed by atoms with Crippen LogP contribution in [0.25, 0.3) is 0 Å². The number of H-pyrrole nitrogens is 1. The van der Waals surface area contributed by atoms with Crippen molar-refractivity contribution in [3.8, 4) is 0 Å². The third-order valence-electron chi connectivity index (χ3n) is 5.54. The molecule has 1 aromatic rings. The molecule has 0 aromatic carbocycles. The number of hydrogen-bond donors (Lipinski definition) is 6. The topological polar surface area (TPSA) is 191 Å². The fourth-order valence-electron chi connectivity index (χ4n) is 3.82. The summed E-state index contributed by atoms with van der Waals surface area (Å²) in [6.07, 6.45) is 3.04. The van der Waals surface area contributed by atoms with Crippen LogP contribution in [-0.2, 0) is 25.6 Å². The van der Waals surface area contributed by atoms with Gasteiger partial charge in [0.1, 0.15) is 18.1 Å². The molecule has 1 fully saturated rings. The number of carboxylic acid groups (broad SMARTS) is 1. The number of amides is 3. The molecule has 1 aromatic heterocycles. The molecule has 184 valence electrons. The molecule has 0 radical (unpaired) electrons. The summed E-state index contributed by atoms with van der Waals surface area (Å²) in [6, 6.07) is -4.26. The standard InChI is InChI=1S/C21H34N6O6/c1-11(2)7-15(25-18(29)14(22)8-13-9-23-10-24-13)19(30)26-17(12(3)28)20(31)27-6-4-5-16(27)21(32)33/h9-12,14-17,28H,4-8,22H2,1-3H3,(H,23,24)(H,25,29)(H,26,30)(H,32,33). The third-order valence-corrected chi connectivity index (χ3v) is 5.54. The average Bonchev–Trinajstić information content (AvgIpc) is 3.42. The number of carbonyl (C=O) groups is 4. The van der Waals surface area contributed by atoms with Crippen LogP contribution in [-0.4, -0.2) is 85.6 Å². The van der Waals surface area contributed by atoms with Crippen LogP contribution in [0.4, 0.5) is 0 Å². The second-order valence-electron chi connectivity index (χ2n) is 8.83. The van der Waals surface area contributed by atoms with Gasteiger partial charge in [0.15, 0.2) is 0 Å². The molecule has 7 N–H and O–H groups in total. The largest absolute Gasteiger partial charge is 0.480 e. The molecule has 1 saturated heterocycles. The Morgan fingerprint density at radius 1 is 1.24 bits per heavy atom. The number of nitrogens with zero attached hydrogens (tertiary/aromatic N) is 2. The molecule has 3 amide bonds. The maximum absolute atomic E-state index is 13.0. The van der Waals surface area contributed by atoms with Gasteiger partial charge < -0.3 is 36.5 Å². The normalized spacial score (nSPS) is 19.6. The second kappa shape index (κ2) is 11.8. The van der Waals surface area contributed by atoms with Crippen molar-refractivity contribution < 1.29 is 29.4 Å². The van der Waals surface area contributed by atoms with Gasteiger partial charge in [0.05, 0.1) is 18.5 Å². The number of likely N-dealkylation sites (tertiary alicyclic amines) is 1. The predicted octanol–water partition coefficient (Wildman–Crippen LogP) is -1.25. The molecular formula is C21H34N6O6. The molecule has 0 spiro atoms. The number of aromatic nitrogens is 2. The van der Waals surface area contributed by atoms with Gasteiger partial charge in [-0.1, -0.05) is 13.8 Å². The summed E-state index contributed by atoms with van der Waals surface area (Å²) in [5, 5.41) is 24.7. The summed E-state index contributed by atoms with van der Waals surface area (Å²) < 4.78 is 0. The van der Waals surface area contributed by atoms with Gasteiger partial charge in [-0.3, -0.25) is 14.4 Å². The summed E-state index contributed by atoms with van der Waals surface area (Å²) in [6.45, 7) is 5.31. The van der Waals surface area contributed by atoms with E-state index >= 15 is 0 Å². The molecule has 12 heteroatoms. The number of rotatable bonds is 11. The van der Waals surface area contributed by atoms with E-state index in [4.69, 9.17) is 5.73 Å². The molecule has 33 heavy (non-hydrogen) atoms. The third kappa shape index (κ3) is 7.26. The number of nitrogens with one attached hydrogen (secondary N) is 3. The zero-order valence-corrected chi connectivity index (χ0v) is 19.2. The Labute approximate surface area is 192 Å². The molecule has 1 aliphatic heterocycles. The lowest BCUT2D eigenvalue weighted by Crippen LogP contribution is -2.60. The van der Waals surface area contributed by atoms with E-state index in [2.05, 4.69) is 20.6 Å². The highest BCUT2D eigenvalue weighted by molar-refractivity contribution is 5.94. The SMILES string of the molecule is CC(C)CC(NC(=O)C(N)Cc1cnc[nH]1)C(=O)NC(C(=O)N1CCCC1C(=O)O)C(C)O. The van der Waals surface area contributed by atoms with E-state index in [9.17, 15) is 29.4 Å². The van der Waals surface area contributed by atoms with E-state index in [1.165, 1.54) is 13.3 Å². The molecule has 0 bridgehead atoms. The predicted molar refractivity (Wildman–Crippen MR) is 118 cm³/mol. The summed E-state index contributed by atoms with van der Waals surface area (Å²) in [7, 11) is 0. The van der Waals surface area contributed by atoms with Crippen LogP contribution in [0, 0.1) is 5.92 Å². The van der Waals surface area contributed by atoms with Gasteiger partial charge in [0.2, 0.25) is 17.7 Å². The minimum absolute atomic E-state index is 0.0283. The van der Waals surface area contributed by atoms with Crippen LogP contribution < -0.4 is 16.4 Å². The van der Waals surface area contributed by atoms with Crippen molar-refractivity contribution in [2.75, 3.05) is 6.54 Å². The van der Waals surface area contributed by atoms with Crippen LogP contribution in [0.1, 0.15) is 45.7 Å². The van der Waals surface area contributed by atoms with E-state index in [1.807, 2.05) is 13.8 Å². The highest BCUT2D eigenvalue weighted by Crippen LogP contribution is 2.19. The van der Waals surface area contributed by atoms with Crippen molar-refractivity contribution in [1.29, 1.82) is 0 Å². The molecule has 2 rings (SSSR count). The van der Waals surface area contributed by atoms with Crippen molar-refractivity contribution in [3.05, 3.63) is 18.2 Å². The zero-order valence-electron chi connectivity index (χ0n) is 19.2. The van der Waals surface area contributed by atoms with Gasteiger partial charge in [0, 0.05) is 24.9 Å². The lowest BCUT2D eigenvalue weighted by Gasteiger charge is -2.30. The first-order chi connectivity index (χ1) is 15.5. The van der Waals surface area contributed by atoms with Gasteiger partial charge in [-0.05, 0) is 32.1 Å². The fourth-order valence-corrected chi connectivity index (χ4v) is 3.82. The van der Waals surface area contributed by atoms with Gasteiger partial charge in [0.25, 0.3) is 0 Å². The lowest BCUT2D eigenvalue weighted by atomic mass is 10.0. The summed E-state index contributed by atoms with van der Waals surface area (Å²) in [4.78, 5) is 57.9. The van der Waals surface area contributed by atoms with Gasteiger partial charge in [-0.25, -0.2) is 9.78 Å². The van der Waals surface area contributed by atoms with Gasteiger partial charge in [-0.2, -0.15) is 0 Å². The van der Waals surface area contributed by atoms with E-state index in [0.29, 0.717) is 18.5 Å². The highest BCUT2D eigenvalue weighted by atomic mass is 16.4. The highest BCUT2D eigenvalue weighted by Gasteiger charge is 2.40. The first-order valence-electron chi connectivity index (χ1n) is 11.1. The first-order valence-corrected chi connectivity index (χ1v) is 11.1. The van der Waals surface area contributed by atoms with Crippen LogP contribution >= 0.6 is 0 Å². The summed E-state index contributed by atoms with van der Waals surface area (Å²) in [5.74, 6) is -2.98. The molecule has 0 aliphatic carbocycles. The Morgan fingerprint density at radius 3 is 2.48 bits per heavy atom. The van der Waals surface area contributed by atoms with E-state index in [1.54, 1.807) is 6.20 Å². The Balaban J connectivity index is 2.09. The molecule has 12 nitrogen and oxygen atoms in total. The van der Waals surface area contributed by atoms with Crippen molar-refractivity contribution in [2.24, 2.45) is 11.7 Å². The quantitative estimate of drug-likeness (QED) is 0.233. The molecular weight excluding hydrogens is 432 g/mol. The van der Waals surface area contributed by atoms with E-state index < -0.39 is 54.0 Å². The van der Waals surface area contributed by atoms with Crippen molar-refractivity contribution in [3.63, 3.8) is 0 Å². The average molecular weight is 467 g/mol. The number of hydrogen-bond acceptors (Lipinski definition) is 7.